The Morgan fingerprint density at radius 2 is 1.82 bits per heavy atom. The van der Waals surface area contributed by atoms with E-state index in [-0.39, 0.29) is 10.6 Å². The van der Waals surface area contributed by atoms with Crippen molar-refractivity contribution in [3.05, 3.63) is 62.0 Å². The normalized spacial score (nSPS) is 10.2. The molecule has 7 heteroatoms. The van der Waals surface area contributed by atoms with Gasteiger partial charge in [0.15, 0.2) is 0 Å². The zero-order valence-corrected chi connectivity index (χ0v) is 14.4. The molecule has 0 atom stereocenters. The molecule has 22 heavy (non-hydrogen) atoms. The van der Waals surface area contributed by atoms with Crippen molar-refractivity contribution in [3.8, 4) is 0 Å². The van der Waals surface area contributed by atoms with Crippen LogP contribution in [0.25, 0.3) is 0 Å². The van der Waals surface area contributed by atoms with Gasteiger partial charge in [-0.3, -0.25) is 4.79 Å². The highest BCUT2D eigenvalue weighted by Gasteiger charge is 2.16. The lowest BCUT2D eigenvalue weighted by molar-refractivity contribution is 0.0602. The van der Waals surface area contributed by atoms with Crippen LogP contribution in [0, 0.1) is 0 Å². The van der Waals surface area contributed by atoms with E-state index in [0.29, 0.717) is 20.7 Å². The molecule has 0 radical (unpaired) electrons. The first-order valence-corrected chi connectivity index (χ1v) is 7.61. The van der Waals surface area contributed by atoms with Gasteiger partial charge in [-0.1, -0.05) is 39.1 Å². The highest BCUT2D eigenvalue weighted by Crippen LogP contribution is 2.25. The fourth-order valence-corrected chi connectivity index (χ4v) is 2.40. The van der Waals surface area contributed by atoms with Crippen LogP contribution in [0.2, 0.25) is 10.0 Å². The smallest absolute Gasteiger partial charge is 0.340 e. The van der Waals surface area contributed by atoms with E-state index in [1.807, 2.05) is 0 Å². The lowest BCUT2D eigenvalue weighted by atomic mass is 10.1. The van der Waals surface area contributed by atoms with E-state index in [2.05, 4.69) is 21.2 Å². The van der Waals surface area contributed by atoms with Crippen LogP contribution in [0.4, 0.5) is 5.69 Å². The van der Waals surface area contributed by atoms with Crippen LogP contribution in [-0.4, -0.2) is 19.0 Å². The van der Waals surface area contributed by atoms with Crippen molar-refractivity contribution >= 4 is 56.7 Å². The largest absolute Gasteiger partial charge is 0.465 e. The molecule has 0 aliphatic heterocycles. The molecule has 0 saturated heterocycles. The quantitative estimate of drug-likeness (QED) is 0.750. The third-order valence-electron chi connectivity index (χ3n) is 2.82. The van der Waals surface area contributed by atoms with Gasteiger partial charge in [-0.05, 0) is 36.4 Å². The molecule has 2 aromatic carbocycles. The number of hydrogen-bond donors (Lipinski definition) is 1. The number of esters is 1. The maximum absolute atomic E-state index is 12.2. The van der Waals surface area contributed by atoms with Crippen LogP contribution in [0.3, 0.4) is 0 Å². The zero-order chi connectivity index (χ0) is 16.3. The minimum Gasteiger partial charge on any atom is -0.465 e. The molecule has 2 rings (SSSR count). The van der Waals surface area contributed by atoms with Crippen LogP contribution < -0.4 is 5.32 Å². The van der Waals surface area contributed by atoms with Gasteiger partial charge in [-0.25, -0.2) is 4.79 Å². The summed E-state index contributed by atoms with van der Waals surface area (Å²) in [5.74, 6) is -0.961. The Kier molecular flexibility index (Phi) is 5.45. The minimum absolute atomic E-state index is 0.241. The van der Waals surface area contributed by atoms with E-state index in [1.165, 1.54) is 19.2 Å². The van der Waals surface area contributed by atoms with Crippen LogP contribution in [0.1, 0.15) is 20.7 Å². The molecule has 0 bridgehead atoms. The number of ether oxygens (including phenoxy) is 1. The van der Waals surface area contributed by atoms with E-state index in [0.717, 1.165) is 0 Å². The molecule has 0 spiro atoms. The van der Waals surface area contributed by atoms with Gasteiger partial charge in [0.2, 0.25) is 0 Å². The Morgan fingerprint density at radius 1 is 1.09 bits per heavy atom. The number of methoxy groups -OCH3 is 1. The first-order valence-electron chi connectivity index (χ1n) is 6.06. The fourth-order valence-electron chi connectivity index (χ4n) is 1.74. The Bertz CT molecular complexity index is 750. The van der Waals surface area contributed by atoms with Gasteiger partial charge in [0.1, 0.15) is 0 Å². The summed E-state index contributed by atoms with van der Waals surface area (Å²) in [6, 6.07) is 9.40. The third-order valence-corrected chi connectivity index (χ3v) is 4.05. The highest BCUT2D eigenvalue weighted by molar-refractivity contribution is 9.10. The van der Waals surface area contributed by atoms with E-state index in [1.54, 1.807) is 24.3 Å². The second-order valence-electron chi connectivity index (χ2n) is 4.26. The molecule has 0 heterocycles. The number of hydrogen-bond acceptors (Lipinski definition) is 3. The lowest BCUT2D eigenvalue weighted by Crippen LogP contribution is -2.15. The number of halogens is 3. The van der Waals surface area contributed by atoms with Gasteiger partial charge in [-0.15, -0.1) is 0 Å². The van der Waals surface area contributed by atoms with E-state index >= 15 is 0 Å². The lowest BCUT2D eigenvalue weighted by Gasteiger charge is -2.10. The van der Waals surface area contributed by atoms with Crippen LogP contribution in [0.5, 0.6) is 0 Å². The maximum atomic E-state index is 12.2. The van der Waals surface area contributed by atoms with Crippen molar-refractivity contribution in [1.29, 1.82) is 0 Å². The molecule has 4 nitrogen and oxygen atoms in total. The Balaban J connectivity index is 2.32. The highest BCUT2D eigenvalue weighted by atomic mass is 79.9. The number of carbonyl (C=O) groups excluding carboxylic acids is 2. The predicted molar refractivity (Wildman–Crippen MR) is 89.9 cm³/mol. The number of amides is 1. The standard InChI is InChI=1S/C15H10BrCl2NO3/c1-22-15(21)10-7-9(16)3-5-13(10)19-14(20)8-2-4-11(17)12(18)6-8/h2-7H,1H3,(H,19,20). The molecular formula is C15H10BrCl2NO3. The first-order chi connectivity index (χ1) is 10.4. The Morgan fingerprint density at radius 3 is 2.45 bits per heavy atom. The Labute approximate surface area is 145 Å². The fraction of sp³-hybridized carbons (Fsp3) is 0.0667. The summed E-state index contributed by atoms with van der Waals surface area (Å²) in [5, 5.41) is 3.29. The van der Waals surface area contributed by atoms with Gasteiger partial charge < -0.3 is 10.1 Å². The minimum atomic E-state index is -0.550. The molecule has 0 aliphatic carbocycles. The van der Waals surface area contributed by atoms with E-state index in [9.17, 15) is 9.59 Å². The Hall–Kier alpha value is -1.56. The summed E-state index contributed by atoms with van der Waals surface area (Å²) in [6.45, 7) is 0. The topological polar surface area (TPSA) is 55.4 Å². The zero-order valence-electron chi connectivity index (χ0n) is 11.3. The molecule has 0 unspecified atom stereocenters. The monoisotopic (exact) mass is 401 g/mol. The van der Waals surface area contributed by atoms with E-state index < -0.39 is 11.9 Å². The third kappa shape index (κ3) is 3.80. The van der Waals surface area contributed by atoms with Crippen molar-refractivity contribution in [2.45, 2.75) is 0 Å². The second-order valence-corrected chi connectivity index (χ2v) is 5.99. The van der Waals surface area contributed by atoms with Crippen LogP contribution in [0.15, 0.2) is 40.9 Å². The molecule has 0 saturated carbocycles. The number of carbonyl (C=O) groups is 2. The molecule has 1 amide bonds. The van der Waals surface area contributed by atoms with Crippen molar-refractivity contribution in [3.63, 3.8) is 0 Å². The van der Waals surface area contributed by atoms with Gasteiger partial charge in [0.25, 0.3) is 5.91 Å². The number of rotatable bonds is 3. The van der Waals surface area contributed by atoms with E-state index in [4.69, 9.17) is 27.9 Å². The molecular weight excluding hydrogens is 393 g/mol. The van der Waals surface area contributed by atoms with Crippen molar-refractivity contribution in [2.75, 3.05) is 12.4 Å². The second kappa shape index (κ2) is 7.13. The van der Waals surface area contributed by atoms with Crippen LogP contribution in [-0.2, 0) is 4.74 Å². The summed E-state index contributed by atoms with van der Waals surface area (Å²) in [7, 11) is 1.27. The molecule has 1 N–H and O–H groups in total. The number of nitrogens with one attached hydrogen (secondary N) is 1. The summed E-state index contributed by atoms with van der Waals surface area (Å²) >= 11 is 15.0. The maximum Gasteiger partial charge on any atom is 0.340 e. The van der Waals surface area contributed by atoms with Gasteiger partial charge in [0, 0.05) is 10.0 Å². The van der Waals surface area contributed by atoms with Gasteiger partial charge in [-0.2, -0.15) is 0 Å². The number of benzene rings is 2. The van der Waals surface area contributed by atoms with Gasteiger partial charge >= 0.3 is 5.97 Å². The summed E-state index contributed by atoms with van der Waals surface area (Å²) in [6.07, 6.45) is 0. The summed E-state index contributed by atoms with van der Waals surface area (Å²) in [4.78, 5) is 24.0. The average Bonchev–Trinajstić information content (AvgIpc) is 2.50. The van der Waals surface area contributed by atoms with Crippen LogP contribution >= 0.6 is 39.1 Å². The summed E-state index contributed by atoms with van der Waals surface area (Å²) < 4.78 is 5.40. The molecule has 0 aromatic heterocycles. The first kappa shape index (κ1) is 16.8. The number of anilines is 1. The molecule has 0 aliphatic rings. The molecule has 0 fully saturated rings. The molecule has 114 valence electrons. The van der Waals surface area contributed by atoms with Crippen molar-refractivity contribution < 1.29 is 14.3 Å². The van der Waals surface area contributed by atoms with Crippen molar-refractivity contribution in [2.24, 2.45) is 0 Å². The average molecular weight is 403 g/mol. The predicted octanol–water partition coefficient (Wildman–Crippen LogP) is 4.79. The summed E-state index contributed by atoms with van der Waals surface area (Å²) in [5.41, 5.74) is 0.907. The SMILES string of the molecule is COC(=O)c1cc(Br)ccc1NC(=O)c1ccc(Cl)c(Cl)c1. The van der Waals surface area contributed by atoms with Crippen molar-refractivity contribution in [1.82, 2.24) is 0 Å². The molecule has 2 aromatic rings. The van der Waals surface area contributed by atoms with Gasteiger partial charge in [0.05, 0.1) is 28.4 Å².